The number of alkyl halides is 3. The number of carbonyl (C=O) groups excluding carboxylic acids is 3. The minimum atomic E-state index is -4.44. The molecule has 29 heavy (non-hydrogen) atoms. The molecule has 1 fully saturated rings. The predicted octanol–water partition coefficient (Wildman–Crippen LogP) is 3.23. The molecule has 0 radical (unpaired) electrons. The van der Waals surface area contributed by atoms with E-state index in [0.29, 0.717) is 22.8 Å². The second-order valence-corrected chi connectivity index (χ2v) is 7.28. The van der Waals surface area contributed by atoms with Crippen LogP contribution >= 0.6 is 11.3 Å². The van der Waals surface area contributed by atoms with E-state index in [4.69, 9.17) is 4.74 Å². The predicted molar refractivity (Wildman–Crippen MR) is 97.3 cm³/mol. The van der Waals surface area contributed by atoms with Crippen LogP contribution in [0.25, 0.3) is 10.6 Å². The van der Waals surface area contributed by atoms with Gasteiger partial charge in [-0.1, -0.05) is 12.1 Å². The van der Waals surface area contributed by atoms with Crippen molar-refractivity contribution in [2.45, 2.75) is 26.1 Å². The van der Waals surface area contributed by atoms with Gasteiger partial charge in [0.25, 0.3) is 5.91 Å². The number of aromatic nitrogens is 1. The first kappa shape index (κ1) is 20.8. The van der Waals surface area contributed by atoms with Gasteiger partial charge in [-0.25, -0.2) is 14.6 Å². The van der Waals surface area contributed by atoms with Crippen LogP contribution in [0.2, 0.25) is 0 Å². The highest BCUT2D eigenvalue weighted by molar-refractivity contribution is 7.17. The fraction of sp³-hybridized carbons (Fsp3) is 0.333. The molecule has 1 aliphatic rings. The smallest absolute Gasteiger partial charge is 0.416 e. The summed E-state index contributed by atoms with van der Waals surface area (Å²) in [4.78, 5) is 41.5. The van der Waals surface area contributed by atoms with Crippen LogP contribution in [0.4, 0.5) is 18.0 Å². The fourth-order valence-corrected chi connectivity index (χ4v) is 3.63. The van der Waals surface area contributed by atoms with Crippen LogP contribution in [-0.4, -0.2) is 47.0 Å². The molecule has 2 aromatic rings. The van der Waals surface area contributed by atoms with E-state index in [2.05, 4.69) is 10.3 Å². The lowest BCUT2D eigenvalue weighted by Crippen LogP contribution is -2.41. The molecule has 0 saturated carbocycles. The molecule has 2 heterocycles. The largest absolute Gasteiger partial charge is 0.448 e. The maximum Gasteiger partial charge on any atom is 0.416 e. The standard InChI is InChI=1S/C18H16F3N3O4S/c1-9-13(16(26)28-10(2)15(25)24-8-7-22-17(24)27)29-14(23-9)11-3-5-12(6-4-11)18(19,20)21/h3-6,10H,7-8H2,1-2H3,(H,22,27)/t10-/m1/s1. The number of ether oxygens (including phenoxy) is 1. The van der Waals surface area contributed by atoms with E-state index >= 15 is 0 Å². The van der Waals surface area contributed by atoms with E-state index in [9.17, 15) is 27.6 Å². The molecule has 0 unspecified atom stereocenters. The summed E-state index contributed by atoms with van der Waals surface area (Å²) >= 11 is 0.949. The third kappa shape index (κ3) is 4.39. The molecule has 7 nitrogen and oxygen atoms in total. The van der Waals surface area contributed by atoms with Crippen molar-refractivity contribution in [2.75, 3.05) is 13.1 Å². The number of hydrogen-bond acceptors (Lipinski definition) is 6. The maximum absolute atomic E-state index is 12.7. The fourth-order valence-electron chi connectivity index (χ4n) is 2.68. The zero-order valence-corrected chi connectivity index (χ0v) is 16.2. The number of aryl methyl sites for hydroxylation is 1. The van der Waals surface area contributed by atoms with Gasteiger partial charge in [-0.05, 0) is 26.0 Å². The summed E-state index contributed by atoms with van der Waals surface area (Å²) in [6, 6.07) is 3.87. The summed E-state index contributed by atoms with van der Waals surface area (Å²) in [5.41, 5.74) is -0.0380. The van der Waals surface area contributed by atoms with Gasteiger partial charge in [-0.3, -0.25) is 9.69 Å². The first-order valence-corrected chi connectivity index (χ1v) is 9.35. The first-order chi connectivity index (χ1) is 13.6. The lowest BCUT2D eigenvalue weighted by atomic mass is 10.1. The van der Waals surface area contributed by atoms with Crippen LogP contribution in [0.15, 0.2) is 24.3 Å². The SMILES string of the molecule is Cc1nc(-c2ccc(C(F)(F)F)cc2)sc1C(=O)O[C@H](C)C(=O)N1CCNC1=O. The third-order valence-corrected chi connectivity index (χ3v) is 5.38. The Labute approximate surface area is 167 Å². The normalized spacial score (nSPS) is 15.2. The highest BCUT2D eigenvalue weighted by Crippen LogP contribution is 2.33. The van der Waals surface area contributed by atoms with Crippen LogP contribution in [0.3, 0.4) is 0 Å². The van der Waals surface area contributed by atoms with Gasteiger partial charge in [0.15, 0.2) is 6.10 Å². The van der Waals surface area contributed by atoms with Crippen LogP contribution in [0, 0.1) is 6.92 Å². The van der Waals surface area contributed by atoms with Gasteiger partial charge in [0.2, 0.25) is 0 Å². The molecule has 0 bridgehead atoms. The van der Waals surface area contributed by atoms with Gasteiger partial charge in [-0.2, -0.15) is 13.2 Å². The highest BCUT2D eigenvalue weighted by Gasteiger charge is 2.33. The average Bonchev–Trinajstić information content (AvgIpc) is 3.26. The zero-order valence-electron chi connectivity index (χ0n) is 15.4. The molecule has 1 atom stereocenters. The molecule has 1 N–H and O–H groups in total. The van der Waals surface area contributed by atoms with Crippen LogP contribution in [0.1, 0.15) is 27.9 Å². The number of esters is 1. The van der Waals surface area contributed by atoms with Gasteiger partial charge >= 0.3 is 18.2 Å². The Balaban J connectivity index is 1.73. The molecule has 11 heteroatoms. The van der Waals surface area contributed by atoms with E-state index in [0.717, 1.165) is 28.4 Å². The third-order valence-electron chi connectivity index (χ3n) is 4.20. The molecule has 1 aliphatic heterocycles. The van der Waals surface area contributed by atoms with Gasteiger partial charge in [-0.15, -0.1) is 11.3 Å². The van der Waals surface area contributed by atoms with Crippen molar-refractivity contribution in [3.8, 4) is 10.6 Å². The lowest BCUT2D eigenvalue weighted by Gasteiger charge is -2.17. The van der Waals surface area contributed by atoms with Crippen molar-refractivity contribution >= 4 is 29.2 Å². The molecule has 3 amide bonds. The Morgan fingerprint density at radius 1 is 1.28 bits per heavy atom. The zero-order chi connectivity index (χ0) is 21.3. The quantitative estimate of drug-likeness (QED) is 0.757. The summed E-state index contributed by atoms with van der Waals surface area (Å²) in [6.45, 7) is 3.44. The summed E-state index contributed by atoms with van der Waals surface area (Å²) in [5, 5.41) is 2.83. The summed E-state index contributed by atoms with van der Waals surface area (Å²) in [6.07, 6.45) is -5.62. The molecule has 1 aromatic heterocycles. The van der Waals surface area contributed by atoms with Crippen molar-refractivity contribution in [3.63, 3.8) is 0 Å². The monoisotopic (exact) mass is 427 g/mol. The van der Waals surface area contributed by atoms with E-state index in [-0.39, 0.29) is 11.4 Å². The molecular weight excluding hydrogens is 411 g/mol. The van der Waals surface area contributed by atoms with Crippen LogP contribution in [0.5, 0.6) is 0 Å². The van der Waals surface area contributed by atoms with Crippen molar-refractivity contribution in [1.29, 1.82) is 0 Å². The molecular formula is C18H16F3N3O4S. The Morgan fingerprint density at radius 3 is 2.48 bits per heavy atom. The van der Waals surface area contributed by atoms with E-state index in [1.807, 2.05) is 0 Å². The molecule has 0 aliphatic carbocycles. The number of halogens is 3. The van der Waals surface area contributed by atoms with Crippen molar-refractivity contribution < 1.29 is 32.3 Å². The number of carbonyl (C=O) groups is 3. The van der Waals surface area contributed by atoms with Gasteiger partial charge in [0.05, 0.1) is 11.3 Å². The summed E-state index contributed by atoms with van der Waals surface area (Å²) in [7, 11) is 0. The van der Waals surface area contributed by atoms with Crippen molar-refractivity contribution in [1.82, 2.24) is 15.2 Å². The average molecular weight is 427 g/mol. The Morgan fingerprint density at radius 2 is 1.93 bits per heavy atom. The minimum absolute atomic E-state index is 0.130. The highest BCUT2D eigenvalue weighted by atomic mass is 32.1. The van der Waals surface area contributed by atoms with E-state index in [1.54, 1.807) is 6.92 Å². The number of benzene rings is 1. The lowest BCUT2D eigenvalue weighted by molar-refractivity contribution is -0.137. The molecule has 3 rings (SSSR count). The van der Waals surface area contributed by atoms with Crippen LogP contribution < -0.4 is 5.32 Å². The Kier molecular flexibility index (Phi) is 5.60. The second kappa shape index (κ2) is 7.82. The summed E-state index contributed by atoms with van der Waals surface area (Å²) in [5.74, 6) is -1.43. The van der Waals surface area contributed by atoms with Crippen molar-refractivity contribution in [2.24, 2.45) is 0 Å². The summed E-state index contributed by atoms with van der Waals surface area (Å²) < 4.78 is 43.2. The Bertz CT molecular complexity index is 956. The number of hydrogen-bond donors (Lipinski definition) is 1. The number of nitrogens with zero attached hydrogens (tertiary/aromatic N) is 2. The molecule has 1 saturated heterocycles. The number of amides is 3. The number of rotatable bonds is 4. The number of thiazole rings is 1. The Hall–Kier alpha value is -2.95. The van der Waals surface area contributed by atoms with Crippen molar-refractivity contribution in [3.05, 3.63) is 40.4 Å². The second-order valence-electron chi connectivity index (χ2n) is 6.28. The number of urea groups is 1. The molecule has 1 aromatic carbocycles. The number of imide groups is 1. The molecule has 154 valence electrons. The van der Waals surface area contributed by atoms with Gasteiger partial charge in [0, 0.05) is 18.7 Å². The van der Waals surface area contributed by atoms with Gasteiger partial charge in [0.1, 0.15) is 9.88 Å². The molecule has 0 spiro atoms. The van der Waals surface area contributed by atoms with E-state index < -0.39 is 35.8 Å². The van der Waals surface area contributed by atoms with Gasteiger partial charge < -0.3 is 10.1 Å². The first-order valence-electron chi connectivity index (χ1n) is 8.53. The minimum Gasteiger partial charge on any atom is -0.448 e. The van der Waals surface area contributed by atoms with Crippen LogP contribution in [-0.2, 0) is 15.7 Å². The number of nitrogens with one attached hydrogen (secondary N) is 1. The maximum atomic E-state index is 12.7. The topological polar surface area (TPSA) is 88.6 Å². The van der Waals surface area contributed by atoms with E-state index in [1.165, 1.54) is 19.1 Å².